The molecule has 3 fully saturated rings. The van der Waals surface area contributed by atoms with Gasteiger partial charge in [0, 0.05) is 32.2 Å². The molecular formula is C20H22F3N5O5. The zero-order valence-corrected chi connectivity index (χ0v) is 17.7. The number of nitrogens with one attached hydrogen (secondary N) is 1. The lowest BCUT2D eigenvalue weighted by molar-refractivity contribution is -0.384. The summed E-state index contributed by atoms with van der Waals surface area (Å²) in [6.45, 7) is 1.83. The fraction of sp³-hybridized carbons (Fsp3) is 0.550. The molecule has 1 atom stereocenters. The number of alkyl halides is 3. The highest BCUT2D eigenvalue weighted by atomic mass is 19.4. The van der Waals surface area contributed by atoms with Crippen LogP contribution in [0, 0.1) is 16.0 Å². The average Bonchev–Trinajstić information content (AvgIpc) is 3.58. The smallest absolute Gasteiger partial charge is 0.362 e. The van der Waals surface area contributed by atoms with Gasteiger partial charge < -0.3 is 15.1 Å². The maximum atomic E-state index is 12.9. The van der Waals surface area contributed by atoms with Crippen molar-refractivity contribution in [1.82, 2.24) is 15.1 Å². The molecule has 3 aliphatic rings. The van der Waals surface area contributed by atoms with Gasteiger partial charge in [-0.15, -0.1) is 0 Å². The molecule has 2 heterocycles. The van der Waals surface area contributed by atoms with Gasteiger partial charge >= 0.3 is 12.2 Å². The minimum Gasteiger partial charge on any atom is -0.362 e. The number of imide groups is 1. The van der Waals surface area contributed by atoms with Gasteiger partial charge in [0.05, 0.1) is 10.5 Å². The number of carbonyl (C=O) groups excluding carboxylic acids is 3. The maximum absolute atomic E-state index is 12.9. The third-order valence-electron chi connectivity index (χ3n) is 6.46. The lowest BCUT2D eigenvalue weighted by atomic mass is 9.96. The Morgan fingerprint density at radius 3 is 2.39 bits per heavy atom. The maximum Gasteiger partial charge on any atom is 0.416 e. The zero-order chi connectivity index (χ0) is 24.1. The number of anilines is 1. The predicted molar refractivity (Wildman–Crippen MR) is 108 cm³/mol. The number of nitro groups is 1. The number of urea groups is 1. The molecule has 2 aliphatic heterocycles. The highest BCUT2D eigenvalue weighted by Crippen LogP contribution is 2.42. The summed E-state index contributed by atoms with van der Waals surface area (Å²) in [6.07, 6.45) is -3.03. The summed E-state index contributed by atoms with van der Waals surface area (Å²) >= 11 is 0. The molecular weight excluding hydrogens is 447 g/mol. The molecule has 0 spiro atoms. The van der Waals surface area contributed by atoms with E-state index in [0.29, 0.717) is 6.07 Å². The minimum absolute atomic E-state index is 0.0365. The molecule has 1 N–H and O–H groups in total. The van der Waals surface area contributed by atoms with Gasteiger partial charge in [-0.3, -0.25) is 24.6 Å². The first-order valence-corrected chi connectivity index (χ1v) is 10.4. The molecule has 1 aromatic rings. The first-order valence-electron chi connectivity index (χ1n) is 10.4. The number of amides is 4. The van der Waals surface area contributed by atoms with E-state index in [4.69, 9.17) is 0 Å². The quantitative estimate of drug-likeness (QED) is 0.401. The molecule has 10 nitrogen and oxygen atoms in total. The molecule has 2 saturated heterocycles. The van der Waals surface area contributed by atoms with Gasteiger partial charge in [-0.1, -0.05) is 0 Å². The Labute approximate surface area is 186 Å². The van der Waals surface area contributed by atoms with Crippen LogP contribution >= 0.6 is 0 Å². The Hall–Kier alpha value is -3.38. The van der Waals surface area contributed by atoms with Crippen molar-refractivity contribution < 1.29 is 32.5 Å². The number of rotatable bonds is 5. The minimum atomic E-state index is -4.71. The molecule has 1 aromatic carbocycles. The predicted octanol–water partition coefficient (Wildman–Crippen LogP) is 1.98. The summed E-state index contributed by atoms with van der Waals surface area (Å²) in [7, 11) is 0. The van der Waals surface area contributed by atoms with Crippen molar-refractivity contribution in [2.24, 2.45) is 5.92 Å². The van der Waals surface area contributed by atoms with Crippen LogP contribution in [0.25, 0.3) is 0 Å². The fourth-order valence-electron chi connectivity index (χ4n) is 4.34. The van der Waals surface area contributed by atoms with Crippen molar-refractivity contribution in [1.29, 1.82) is 0 Å². The lowest BCUT2D eigenvalue weighted by Crippen LogP contribution is -2.52. The molecule has 178 valence electrons. The lowest BCUT2D eigenvalue weighted by Gasteiger charge is -2.36. The van der Waals surface area contributed by atoms with Crippen molar-refractivity contribution in [2.45, 2.75) is 31.5 Å². The van der Waals surface area contributed by atoms with Crippen LogP contribution in [0.2, 0.25) is 0 Å². The fourth-order valence-corrected chi connectivity index (χ4v) is 4.34. The molecule has 4 amide bonds. The number of hydrogen-bond acceptors (Lipinski definition) is 6. The van der Waals surface area contributed by atoms with E-state index in [0.717, 1.165) is 29.9 Å². The van der Waals surface area contributed by atoms with E-state index in [1.807, 2.05) is 0 Å². The van der Waals surface area contributed by atoms with E-state index < -0.39 is 52.3 Å². The molecule has 33 heavy (non-hydrogen) atoms. The Morgan fingerprint density at radius 2 is 1.85 bits per heavy atom. The largest absolute Gasteiger partial charge is 0.416 e. The van der Waals surface area contributed by atoms with Crippen molar-refractivity contribution in [3.63, 3.8) is 0 Å². The van der Waals surface area contributed by atoms with Crippen molar-refractivity contribution in [3.8, 4) is 0 Å². The normalized spacial score (nSPS) is 23.7. The molecule has 0 aromatic heterocycles. The standard InChI is InChI=1S/C20H22F3N5O5/c1-19(12-2-3-12)17(30)27(18(31)24-19)11-16(29)26-8-6-25(7-9-26)14-5-4-13(20(21,22)23)10-15(14)28(32)33/h4-5,10,12H,2-3,6-9,11H2,1H3,(H,24,31). The van der Waals surface area contributed by atoms with Gasteiger partial charge in [0.25, 0.3) is 11.6 Å². The van der Waals surface area contributed by atoms with Crippen LogP contribution in [0.3, 0.4) is 0 Å². The number of carbonyl (C=O) groups is 3. The second kappa shape index (κ2) is 7.89. The third kappa shape index (κ3) is 4.18. The van der Waals surface area contributed by atoms with Gasteiger partial charge in [0.2, 0.25) is 5.91 Å². The highest BCUT2D eigenvalue weighted by molar-refractivity contribution is 6.09. The van der Waals surface area contributed by atoms with Crippen LogP contribution in [-0.4, -0.2) is 70.8 Å². The van der Waals surface area contributed by atoms with Gasteiger partial charge in [-0.25, -0.2) is 4.79 Å². The topological polar surface area (TPSA) is 116 Å². The Balaban J connectivity index is 1.40. The summed E-state index contributed by atoms with van der Waals surface area (Å²) in [5, 5.41) is 14.0. The summed E-state index contributed by atoms with van der Waals surface area (Å²) in [6, 6.07) is 1.74. The van der Waals surface area contributed by atoms with Crippen LogP contribution in [0.1, 0.15) is 25.3 Å². The SMILES string of the molecule is CC1(C2CC2)NC(=O)N(CC(=O)N2CCN(c3ccc(C(F)(F)F)cc3[N+](=O)[O-])CC2)C1=O. The molecule has 13 heteroatoms. The third-order valence-corrected chi connectivity index (χ3v) is 6.46. The second-order valence-electron chi connectivity index (χ2n) is 8.62. The number of benzene rings is 1. The van der Waals surface area contributed by atoms with Crippen molar-refractivity contribution in [2.75, 3.05) is 37.6 Å². The van der Waals surface area contributed by atoms with Crippen LogP contribution in [0.4, 0.5) is 29.3 Å². The Bertz CT molecular complexity index is 1020. The molecule has 4 rings (SSSR count). The molecule has 1 unspecified atom stereocenters. The van der Waals surface area contributed by atoms with E-state index in [9.17, 15) is 37.7 Å². The Kier molecular flexibility index (Phi) is 5.45. The molecule has 0 radical (unpaired) electrons. The summed E-state index contributed by atoms with van der Waals surface area (Å²) < 4.78 is 38.8. The van der Waals surface area contributed by atoms with Crippen LogP contribution in [0.5, 0.6) is 0 Å². The van der Waals surface area contributed by atoms with Crippen molar-refractivity contribution in [3.05, 3.63) is 33.9 Å². The van der Waals surface area contributed by atoms with E-state index in [1.54, 1.807) is 11.8 Å². The van der Waals surface area contributed by atoms with Crippen LogP contribution in [-0.2, 0) is 15.8 Å². The zero-order valence-electron chi connectivity index (χ0n) is 17.7. The molecule has 1 saturated carbocycles. The monoisotopic (exact) mass is 469 g/mol. The Morgan fingerprint density at radius 1 is 1.21 bits per heavy atom. The van der Waals surface area contributed by atoms with Gasteiger partial charge in [0.15, 0.2) is 0 Å². The first-order chi connectivity index (χ1) is 15.4. The first kappa shape index (κ1) is 22.8. The number of piperazine rings is 1. The molecule has 0 bridgehead atoms. The van der Waals surface area contributed by atoms with Crippen LogP contribution < -0.4 is 10.2 Å². The van der Waals surface area contributed by atoms with E-state index >= 15 is 0 Å². The number of halogens is 3. The number of nitrogens with zero attached hydrogens (tertiary/aromatic N) is 4. The summed E-state index contributed by atoms with van der Waals surface area (Å²) in [4.78, 5) is 52.0. The average molecular weight is 469 g/mol. The number of nitro benzene ring substituents is 1. The van der Waals surface area contributed by atoms with Gasteiger partial charge in [-0.2, -0.15) is 13.2 Å². The van der Waals surface area contributed by atoms with Crippen LogP contribution in [0.15, 0.2) is 18.2 Å². The van der Waals surface area contributed by atoms with E-state index in [-0.39, 0.29) is 37.8 Å². The highest BCUT2D eigenvalue weighted by Gasteiger charge is 2.56. The van der Waals surface area contributed by atoms with Gasteiger partial charge in [-0.05, 0) is 37.8 Å². The summed E-state index contributed by atoms with van der Waals surface area (Å²) in [5.74, 6) is -0.806. The number of hydrogen-bond donors (Lipinski definition) is 1. The summed E-state index contributed by atoms with van der Waals surface area (Å²) in [5.41, 5.74) is -2.73. The van der Waals surface area contributed by atoms with Gasteiger partial charge in [0.1, 0.15) is 17.8 Å². The van der Waals surface area contributed by atoms with E-state index in [2.05, 4.69) is 5.32 Å². The van der Waals surface area contributed by atoms with Crippen molar-refractivity contribution >= 4 is 29.2 Å². The van der Waals surface area contributed by atoms with E-state index in [1.165, 1.54) is 4.90 Å². The second-order valence-corrected chi connectivity index (χ2v) is 8.62. The molecule has 1 aliphatic carbocycles.